The summed E-state index contributed by atoms with van der Waals surface area (Å²) in [7, 11) is 1.96. The van der Waals surface area contributed by atoms with E-state index in [9.17, 15) is 4.79 Å². The first-order valence-electron chi connectivity index (χ1n) is 8.28. The first-order valence-corrected chi connectivity index (χ1v) is 9.27. The summed E-state index contributed by atoms with van der Waals surface area (Å²) in [5.74, 6) is 2.36. The molecule has 2 aromatic rings. The molecule has 26 heavy (non-hydrogen) atoms. The monoisotopic (exact) mass is 420 g/mol. The molecule has 0 spiro atoms. The van der Waals surface area contributed by atoms with Crippen LogP contribution in [0.4, 0.5) is 0 Å². The third-order valence-corrected chi connectivity index (χ3v) is 5.64. The molecule has 0 radical (unpaired) electrons. The Hall–Kier alpha value is -1.15. The van der Waals surface area contributed by atoms with E-state index >= 15 is 0 Å². The lowest BCUT2D eigenvalue weighted by Crippen LogP contribution is -2.42. The first-order chi connectivity index (χ1) is 11.5. The van der Waals surface area contributed by atoms with Gasteiger partial charge in [-0.25, -0.2) is 4.98 Å². The van der Waals surface area contributed by atoms with Gasteiger partial charge in [-0.2, -0.15) is 0 Å². The number of rotatable bonds is 5. The van der Waals surface area contributed by atoms with E-state index in [-0.39, 0.29) is 36.8 Å². The van der Waals surface area contributed by atoms with Gasteiger partial charge in [-0.05, 0) is 37.8 Å². The lowest BCUT2D eigenvalue weighted by atomic mass is 9.91. The number of nitrogens with zero attached hydrogens (tertiary/aromatic N) is 3. The number of piperidine rings is 1. The summed E-state index contributed by atoms with van der Waals surface area (Å²) in [5, 5.41) is 0.928. The molecule has 0 aliphatic carbocycles. The van der Waals surface area contributed by atoms with Gasteiger partial charge in [0.1, 0.15) is 5.76 Å². The van der Waals surface area contributed by atoms with Crippen LogP contribution >= 0.6 is 36.6 Å². The van der Waals surface area contributed by atoms with E-state index in [2.05, 4.69) is 4.98 Å². The van der Waals surface area contributed by atoms with Crippen LogP contribution in [0.1, 0.15) is 36.1 Å². The highest BCUT2D eigenvalue weighted by atomic mass is 35.5. The molecule has 1 aliphatic rings. The van der Waals surface area contributed by atoms with Gasteiger partial charge >= 0.3 is 0 Å². The number of thioether (sulfide) groups is 1. The average Bonchev–Trinajstić information content (AvgIpc) is 3.21. The van der Waals surface area contributed by atoms with Crippen molar-refractivity contribution in [2.75, 3.05) is 13.1 Å². The van der Waals surface area contributed by atoms with E-state index in [1.807, 2.05) is 35.7 Å². The average molecular weight is 421 g/mol. The Morgan fingerprint density at radius 1 is 1.38 bits per heavy atom. The Balaban J connectivity index is 0.00000169. The summed E-state index contributed by atoms with van der Waals surface area (Å²) in [6, 6.07) is 3.84. The number of aryl methyl sites for hydroxylation is 1. The Morgan fingerprint density at radius 2 is 2.08 bits per heavy atom. The fraction of sp³-hybridized carbons (Fsp3) is 0.529. The van der Waals surface area contributed by atoms with Gasteiger partial charge < -0.3 is 19.6 Å². The van der Waals surface area contributed by atoms with Gasteiger partial charge in [0.2, 0.25) is 0 Å². The van der Waals surface area contributed by atoms with Crippen molar-refractivity contribution in [3.05, 3.63) is 36.0 Å². The Morgan fingerprint density at radius 3 is 2.65 bits per heavy atom. The number of halogens is 2. The number of imidazole rings is 1. The van der Waals surface area contributed by atoms with E-state index < -0.39 is 0 Å². The molecule has 1 atom stereocenters. The van der Waals surface area contributed by atoms with Gasteiger partial charge in [-0.15, -0.1) is 24.8 Å². The molecule has 0 aromatic carbocycles. The van der Waals surface area contributed by atoms with Crippen LogP contribution in [0.25, 0.3) is 0 Å². The van der Waals surface area contributed by atoms with Gasteiger partial charge in [0.05, 0.1) is 5.75 Å². The number of furan rings is 1. The summed E-state index contributed by atoms with van der Waals surface area (Å²) in [6.45, 7) is 3.55. The highest BCUT2D eigenvalue weighted by molar-refractivity contribution is 7.98. The molecule has 2 aromatic heterocycles. The molecule has 1 unspecified atom stereocenters. The lowest BCUT2D eigenvalue weighted by molar-refractivity contribution is 0.0647. The minimum atomic E-state index is -0.0219. The molecule has 3 heterocycles. The fourth-order valence-corrected chi connectivity index (χ4v) is 3.81. The van der Waals surface area contributed by atoms with Gasteiger partial charge in [-0.1, -0.05) is 11.8 Å². The number of amides is 1. The molecule has 1 amide bonds. The molecule has 3 rings (SSSR count). The maximum absolute atomic E-state index is 12.6. The standard InChI is InChI=1S/C17H24N4O2S.2ClH/c1-12(18)13-5-8-21(9-6-13)16(22)15-4-3-14(23-15)11-24-17-19-7-10-20(17)2;;/h3-4,7,10,12-13H,5-6,8-9,11,18H2,1-2H3;2*1H. The first kappa shape index (κ1) is 22.9. The van der Waals surface area contributed by atoms with E-state index in [1.165, 1.54) is 0 Å². The van der Waals surface area contributed by atoms with Crippen LogP contribution < -0.4 is 5.73 Å². The van der Waals surface area contributed by atoms with Crippen LogP contribution in [0.2, 0.25) is 0 Å². The normalized spacial score (nSPS) is 15.9. The van der Waals surface area contributed by atoms with E-state index in [1.54, 1.807) is 24.0 Å². The van der Waals surface area contributed by atoms with Crippen LogP contribution in [-0.4, -0.2) is 39.5 Å². The van der Waals surface area contributed by atoms with Crippen molar-refractivity contribution >= 4 is 42.5 Å². The van der Waals surface area contributed by atoms with Crippen molar-refractivity contribution in [2.45, 2.75) is 36.7 Å². The van der Waals surface area contributed by atoms with Crippen molar-refractivity contribution in [1.29, 1.82) is 0 Å². The van der Waals surface area contributed by atoms with Gasteiger partial charge in [-0.3, -0.25) is 4.79 Å². The van der Waals surface area contributed by atoms with E-state index in [0.29, 0.717) is 17.4 Å². The van der Waals surface area contributed by atoms with Gasteiger partial charge in [0.25, 0.3) is 5.91 Å². The van der Waals surface area contributed by atoms with Crippen LogP contribution in [0, 0.1) is 5.92 Å². The summed E-state index contributed by atoms with van der Waals surface area (Å²) >= 11 is 1.59. The zero-order valence-corrected chi connectivity index (χ0v) is 17.4. The second-order valence-corrected chi connectivity index (χ2v) is 7.31. The van der Waals surface area contributed by atoms with Crippen molar-refractivity contribution in [2.24, 2.45) is 18.7 Å². The Bertz CT molecular complexity index is 697. The second kappa shape index (κ2) is 10.3. The molecule has 146 valence electrons. The largest absolute Gasteiger partial charge is 0.455 e. The van der Waals surface area contributed by atoms with E-state index in [0.717, 1.165) is 36.8 Å². The number of carbonyl (C=O) groups excluding carboxylic acids is 1. The quantitative estimate of drug-likeness (QED) is 0.750. The second-order valence-electron chi connectivity index (χ2n) is 6.36. The molecular formula is C17H26Cl2N4O2S. The zero-order chi connectivity index (χ0) is 17.1. The number of hydrogen-bond acceptors (Lipinski definition) is 5. The minimum absolute atomic E-state index is 0. The highest BCUT2D eigenvalue weighted by Gasteiger charge is 2.26. The number of likely N-dealkylation sites (tertiary alicyclic amines) is 1. The molecule has 9 heteroatoms. The molecule has 2 N–H and O–H groups in total. The van der Waals surface area contributed by atoms with Crippen molar-refractivity contribution in [3.63, 3.8) is 0 Å². The Kier molecular flexibility index (Phi) is 9.03. The van der Waals surface area contributed by atoms with E-state index in [4.69, 9.17) is 10.2 Å². The number of hydrogen-bond donors (Lipinski definition) is 1. The predicted molar refractivity (Wildman–Crippen MR) is 108 cm³/mol. The maximum atomic E-state index is 12.6. The van der Waals surface area contributed by atoms with Gasteiger partial charge in [0.15, 0.2) is 10.9 Å². The molecule has 1 saturated heterocycles. The van der Waals surface area contributed by atoms with Crippen molar-refractivity contribution in [3.8, 4) is 0 Å². The van der Waals surface area contributed by atoms with Crippen LogP contribution in [0.15, 0.2) is 34.1 Å². The molecule has 6 nitrogen and oxygen atoms in total. The van der Waals surface area contributed by atoms with Crippen molar-refractivity contribution < 1.29 is 9.21 Å². The third kappa shape index (κ3) is 5.42. The Labute approximate surface area is 170 Å². The fourth-order valence-electron chi connectivity index (χ4n) is 2.98. The maximum Gasteiger partial charge on any atom is 0.289 e. The van der Waals surface area contributed by atoms with Crippen molar-refractivity contribution in [1.82, 2.24) is 14.5 Å². The van der Waals surface area contributed by atoms with Gasteiger partial charge in [0, 0.05) is 38.6 Å². The summed E-state index contributed by atoms with van der Waals surface area (Å²) in [6.07, 6.45) is 5.61. The number of aromatic nitrogens is 2. The predicted octanol–water partition coefficient (Wildman–Crippen LogP) is 3.35. The molecule has 1 aliphatic heterocycles. The highest BCUT2D eigenvalue weighted by Crippen LogP contribution is 2.24. The summed E-state index contributed by atoms with van der Waals surface area (Å²) in [4.78, 5) is 18.7. The third-order valence-electron chi connectivity index (χ3n) is 4.56. The van der Waals surface area contributed by atoms with Crippen LogP contribution in [0.5, 0.6) is 0 Å². The summed E-state index contributed by atoms with van der Waals surface area (Å²) < 4.78 is 7.70. The molecule has 0 saturated carbocycles. The smallest absolute Gasteiger partial charge is 0.289 e. The molecule has 1 fully saturated rings. The zero-order valence-electron chi connectivity index (χ0n) is 15.0. The SMILES string of the molecule is CC(N)C1CCN(C(=O)c2ccc(CSc3nccn3C)o2)CC1.Cl.Cl. The summed E-state index contributed by atoms with van der Waals surface area (Å²) in [5.41, 5.74) is 5.96. The number of nitrogens with two attached hydrogens (primary N) is 1. The topological polar surface area (TPSA) is 77.3 Å². The lowest BCUT2D eigenvalue weighted by Gasteiger charge is -2.33. The van der Waals surface area contributed by atoms with Crippen LogP contribution in [0.3, 0.4) is 0 Å². The van der Waals surface area contributed by atoms with Crippen LogP contribution in [-0.2, 0) is 12.8 Å². The molecule has 0 bridgehead atoms. The molecular weight excluding hydrogens is 395 g/mol. The minimum Gasteiger partial charge on any atom is -0.455 e. The number of carbonyl (C=O) groups is 1.